The van der Waals surface area contributed by atoms with Gasteiger partial charge in [-0.15, -0.1) is 0 Å². The van der Waals surface area contributed by atoms with Crippen molar-refractivity contribution in [3.05, 3.63) is 23.8 Å². The summed E-state index contributed by atoms with van der Waals surface area (Å²) in [6, 6.07) is 0. The molecule has 4 aliphatic carbocycles. The molecule has 6 aliphatic rings. The van der Waals surface area contributed by atoms with Crippen LogP contribution in [0.2, 0.25) is 0 Å². The summed E-state index contributed by atoms with van der Waals surface area (Å²) in [5.41, 5.74) is 1.85. The van der Waals surface area contributed by atoms with Gasteiger partial charge in [-0.2, -0.15) is 0 Å². The Hall–Kier alpha value is -0.920. The number of aliphatic hydroxyl groups is 6. The second kappa shape index (κ2) is 12.0. The predicted octanol–water partition coefficient (Wildman–Crippen LogP) is 2.04. The van der Waals surface area contributed by atoms with Gasteiger partial charge in [0.2, 0.25) is 0 Å². The monoisotopic (exact) mass is 622 g/mol. The topological polar surface area (TPSA) is 158 Å². The van der Waals surface area contributed by atoms with Crippen molar-refractivity contribution in [3.63, 3.8) is 0 Å². The van der Waals surface area contributed by atoms with E-state index in [0.717, 1.165) is 31.3 Å². The first-order valence-electron chi connectivity index (χ1n) is 16.7. The van der Waals surface area contributed by atoms with Crippen LogP contribution in [0, 0.1) is 40.4 Å². The third-order valence-corrected chi connectivity index (χ3v) is 13.3. The van der Waals surface area contributed by atoms with Crippen LogP contribution < -0.4 is 0 Å². The Labute approximate surface area is 261 Å². The molecule has 2 heterocycles. The van der Waals surface area contributed by atoms with E-state index in [0.29, 0.717) is 49.4 Å². The molecule has 3 saturated carbocycles. The van der Waals surface area contributed by atoms with Gasteiger partial charge in [-0.1, -0.05) is 44.6 Å². The number of hydrogen-bond acceptors (Lipinski definition) is 10. The van der Waals surface area contributed by atoms with E-state index in [4.69, 9.17) is 18.9 Å². The van der Waals surface area contributed by atoms with Gasteiger partial charge in [-0.25, -0.2) is 0 Å². The van der Waals surface area contributed by atoms with Gasteiger partial charge in [0.25, 0.3) is 0 Å². The standard InChI is InChI=1S/C34H54O10/c1-17(16-42-31-30(40)29(39)28(38)25(15-35)43-31)8-11-34(41-5)18(2)27-24(44-34)14-23-21-7-6-19-12-20(36)13-26(37)33(19,4)22(21)9-10-32(23,27)3/h6,18,20-31,35-40H,1,7-16H2,2-5H3/t18-,20+,21+,22-,23-,24-,25+,26+,27-,28+,29-,30+,31+,32-,33-,34+/m0/s1. The number of methoxy groups -OCH3 is 1. The Kier molecular flexibility index (Phi) is 8.96. The lowest BCUT2D eigenvalue weighted by atomic mass is 9.46. The molecule has 10 nitrogen and oxygen atoms in total. The molecule has 0 amide bonds. The van der Waals surface area contributed by atoms with Crippen molar-refractivity contribution in [2.24, 2.45) is 40.4 Å². The van der Waals surface area contributed by atoms with E-state index in [-0.39, 0.29) is 29.5 Å². The van der Waals surface area contributed by atoms with E-state index in [2.05, 4.69) is 33.4 Å². The molecule has 6 rings (SSSR count). The van der Waals surface area contributed by atoms with E-state index >= 15 is 0 Å². The molecule has 2 aliphatic heterocycles. The fraction of sp³-hybridized carbons (Fsp3) is 0.882. The van der Waals surface area contributed by atoms with Crippen molar-refractivity contribution in [1.82, 2.24) is 0 Å². The third kappa shape index (κ3) is 4.98. The molecule has 0 spiro atoms. The zero-order valence-electron chi connectivity index (χ0n) is 26.7. The van der Waals surface area contributed by atoms with E-state index in [1.165, 1.54) is 5.57 Å². The highest BCUT2D eigenvalue weighted by molar-refractivity contribution is 5.28. The summed E-state index contributed by atoms with van der Waals surface area (Å²) in [6.45, 7) is 10.7. The maximum absolute atomic E-state index is 11.2. The number of rotatable bonds is 8. The van der Waals surface area contributed by atoms with Gasteiger partial charge in [0.15, 0.2) is 12.1 Å². The van der Waals surface area contributed by atoms with E-state index in [1.807, 2.05) is 0 Å². The molecule has 0 aromatic rings. The zero-order chi connectivity index (χ0) is 31.8. The SMILES string of the molecule is C=C(CC[C@@]1(OC)O[C@H]2C[C@H]3[C@@H]4CC=C5C[C@@H](O)C[C@@H](O)[C@]5(C)[C@H]4CC[C@]3(C)[C@H]2[C@@H]1C)CO[C@@H]1O[C@H](CO)[C@@H](O)[C@H](O)[C@H]1O. The number of ether oxygens (including phenoxy) is 4. The Morgan fingerprint density at radius 2 is 1.82 bits per heavy atom. The highest BCUT2D eigenvalue weighted by Crippen LogP contribution is 2.70. The summed E-state index contributed by atoms with van der Waals surface area (Å²) in [7, 11) is 1.72. The largest absolute Gasteiger partial charge is 0.394 e. The minimum absolute atomic E-state index is 0.0731. The maximum Gasteiger partial charge on any atom is 0.187 e. The molecule has 0 bridgehead atoms. The fourth-order valence-electron chi connectivity index (χ4n) is 10.8. The molecule has 10 heteroatoms. The lowest BCUT2D eigenvalue weighted by Crippen LogP contribution is -2.59. The molecule has 16 atom stereocenters. The van der Waals surface area contributed by atoms with E-state index in [1.54, 1.807) is 7.11 Å². The van der Waals surface area contributed by atoms with E-state index < -0.39 is 55.3 Å². The second-order valence-electron chi connectivity index (χ2n) is 15.3. The summed E-state index contributed by atoms with van der Waals surface area (Å²) in [4.78, 5) is 0. The lowest BCUT2D eigenvalue weighted by Gasteiger charge is -2.59. The first kappa shape index (κ1) is 33.0. The molecule has 6 N–H and O–H groups in total. The van der Waals surface area contributed by atoms with Crippen LogP contribution in [0.25, 0.3) is 0 Å². The van der Waals surface area contributed by atoms with Crippen LogP contribution in [0.4, 0.5) is 0 Å². The smallest absolute Gasteiger partial charge is 0.187 e. The van der Waals surface area contributed by atoms with Crippen molar-refractivity contribution in [2.75, 3.05) is 20.3 Å². The first-order chi connectivity index (χ1) is 20.8. The lowest BCUT2D eigenvalue weighted by molar-refractivity contribution is -0.299. The van der Waals surface area contributed by atoms with E-state index in [9.17, 15) is 30.6 Å². The van der Waals surface area contributed by atoms with Gasteiger partial charge < -0.3 is 49.6 Å². The summed E-state index contributed by atoms with van der Waals surface area (Å²) < 4.78 is 24.3. The van der Waals surface area contributed by atoms with Crippen molar-refractivity contribution >= 4 is 0 Å². The molecule has 44 heavy (non-hydrogen) atoms. The molecule has 0 aromatic heterocycles. The zero-order valence-corrected chi connectivity index (χ0v) is 26.7. The van der Waals surface area contributed by atoms with Gasteiger partial charge in [0.1, 0.15) is 24.4 Å². The van der Waals surface area contributed by atoms with Gasteiger partial charge in [0, 0.05) is 31.3 Å². The van der Waals surface area contributed by atoms with Gasteiger partial charge in [-0.3, -0.25) is 0 Å². The summed E-state index contributed by atoms with van der Waals surface area (Å²) in [5.74, 6) is 1.16. The van der Waals surface area contributed by atoms with Crippen molar-refractivity contribution in [3.8, 4) is 0 Å². The summed E-state index contributed by atoms with van der Waals surface area (Å²) in [6.07, 6.45) is 1.33. The van der Waals surface area contributed by atoms with Gasteiger partial charge >= 0.3 is 0 Å². The molecular formula is C34H54O10. The third-order valence-electron chi connectivity index (χ3n) is 13.3. The number of aliphatic hydroxyl groups excluding tert-OH is 6. The predicted molar refractivity (Wildman–Crippen MR) is 160 cm³/mol. The second-order valence-corrected chi connectivity index (χ2v) is 15.3. The quantitative estimate of drug-likeness (QED) is 0.221. The van der Waals surface area contributed by atoms with Crippen LogP contribution >= 0.6 is 0 Å². The number of allylic oxidation sites excluding steroid dienone is 1. The first-order valence-corrected chi connectivity index (χ1v) is 16.7. The molecular weight excluding hydrogens is 568 g/mol. The normalized spacial score (nSPS) is 53.3. The van der Waals surface area contributed by atoms with Crippen molar-refractivity contribution < 1.29 is 49.6 Å². The van der Waals surface area contributed by atoms with Crippen LogP contribution in [-0.2, 0) is 18.9 Å². The highest BCUT2D eigenvalue weighted by atomic mass is 16.7. The van der Waals surface area contributed by atoms with Crippen molar-refractivity contribution in [2.45, 2.75) is 127 Å². The minimum Gasteiger partial charge on any atom is -0.394 e. The Bertz CT molecular complexity index is 1110. The molecule has 0 aromatic carbocycles. The van der Waals surface area contributed by atoms with Crippen LogP contribution in [0.1, 0.15) is 72.1 Å². The summed E-state index contributed by atoms with van der Waals surface area (Å²) in [5, 5.41) is 61.4. The van der Waals surface area contributed by atoms with Gasteiger partial charge in [0.05, 0.1) is 31.5 Å². The fourth-order valence-corrected chi connectivity index (χ4v) is 10.8. The summed E-state index contributed by atoms with van der Waals surface area (Å²) >= 11 is 0. The Morgan fingerprint density at radius 3 is 2.52 bits per heavy atom. The van der Waals surface area contributed by atoms with Crippen LogP contribution in [0.15, 0.2) is 23.8 Å². The maximum atomic E-state index is 11.2. The molecule has 0 radical (unpaired) electrons. The van der Waals surface area contributed by atoms with Gasteiger partial charge in [-0.05, 0) is 67.6 Å². The Morgan fingerprint density at radius 1 is 1.07 bits per heavy atom. The molecule has 250 valence electrons. The van der Waals surface area contributed by atoms with Crippen molar-refractivity contribution in [1.29, 1.82) is 0 Å². The molecule has 5 fully saturated rings. The highest BCUT2D eigenvalue weighted by Gasteiger charge is 2.68. The molecule has 2 saturated heterocycles. The average molecular weight is 623 g/mol. The minimum atomic E-state index is -1.49. The van der Waals surface area contributed by atoms with Crippen LogP contribution in [0.3, 0.4) is 0 Å². The number of fused-ring (bicyclic) bond motifs is 7. The number of hydrogen-bond donors (Lipinski definition) is 6. The Balaban J connectivity index is 1.10. The van der Waals surface area contributed by atoms with Crippen LogP contribution in [-0.4, -0.2) is 106 Å². The average Bonchev–Trinajstić information content (AvgIpc) is 3.45. The van der Waals surface area contributed by atoms with Crippen LogP contribution in [0.5, 0.6) is 0 Å². The molecule has 0 unspecified atom stereocenters.